The van der Waals surface area contributed by atoms with Crippen LogP contribution in [0.4, 0.5) is 5.82 Å². The Morgan fingerprint density at radius 1 is 1.00 bits per heavy atom. The fourth-order valence-corrected chi connectivity index (χ4v) is 2.67. The predicted octanol–water partition coefficient (Wildman–Crippen LogP) is 3.89. The second-order valence-electron chi connectivity index (χ2n) is 6.25. The van der Waals surface area contributed by atoms with Crippen molar-refractivity contribution in [2.24, 2.45) is 0 Å². The molecule has 0 saturated heterocycles. The number of carbonyl (C=O) groups excluding carboxylic acids is 1. The first-order valence-electron chi connectivity index (χ1n) is 8.61. The van der Waals surface area contributed by atoms with Crippen molar-refractivity contribution in [3.8, 4) is 0 Å². The Morgan fingerprint density at radius 2 is 1.81 bits per heavy atom. The molecular formula is C21H22N4O. The number of anilines is 1. The quantitative estimate of drug-likeness (QED) is 0.711. The highest BCUT2D eigenvalue weighted by atomic mass is 16.1. The van der Waals surface area contributed by atoms with Crippen molar-refractivity contribution < 1.29 is 4.79 Å². The maximum absolute atomic E-state index is 12.2. The third-order valence-electron chi connectivity index (χ3n) is 4.10. The lowest BCUT2D eigenvalue weighted by Gasteiger charge is -2.14. The fraction of sp³-hybridized carbons (Fsp3) is 0.190. The van der Waals surface area contributed by atoms with Gasteiger partial charge in [-0.25, -0.2) is 0 Å². The molecule has 132 valence electrons. The average molecular weight is 346 g/mol. The standard InChI is InChI=1S/C21H22N4O/c1-15-7-6-8-17(13-15)14-22-21(26)19-11-12-20(25-24-19)23-16(2)18-9-4-3-5-10-18/h3-13,16H,14H2,1-2H3,(H,22,26)(H,23,25). The number of benzene rings is 2. The molecule has 0 aliphatic carbocycles. The highest BCUT2D eigenvalue weighted by molar-refractivity contribution is 5.92. The van der Waals surface area contributed by atoms with Gasteiger partial charge in [-0.05, 0) is 37.1 Å². The van der Waals surface area contributed by atoms with Crippen molar-refractivity contribution in [2.75, 3.05) is 5.32 Å². The maximum Gasteiger partial charge on any atom is 0.272 e. The fourth-order valence-electron chi connectivity index (χ4n) is 2.67. The first kappa shape index (κ1) is 17.6. The van der Waals surface area contributed by atoms with E-state index < -0.39 is 0 Å². The zero-order chi connectivity index (χ0) is 18.4. The zero-order valence-electron chi connectivity index (χ0n) is 14.9. The Morgan fingerprint density at radius 3 is 2.50 bits per heavy atom. The van der Waals surface area contributed by atoms with Crippen molar-refractivity contribution in [3.05, 3.63) is 89.1 Å². The smallest absolute Gasteiger partial charge is 0.272 e. The number of aryl methyl sites for hydroxylation is 1. The van der Waals surface area contributed by atoms with E-state index in [9.17, 15) is 4.79 Å². The topological polar surface area (TPSA) is 66.9 Å². The number of nitrogens with zero attached hydrogens (tertiary/aromatic N) is 2. The lowest BCUT2D eigenvalue weighted by Crippen LogP contribution is -2.24. The van der Waals surface area contributed by atoms with Gasteiger partial charge in [-0.15, -0.1) is 10.2 Å². The third-order valence-corrected chi connectivity index (χ3v) is 4.10. The third kappa shape index (κ3) is 4.66. The van der Waals surface area contributed by atoms with E-state index >= 15 is 0 Å². The van der Waals surface area contributed by atoms with Gasteiger partial charge < -0.3 is 10.6 Å². The van der Waals surface area contributed by atoms with E-state index in [0.717, 1.165) is 11.1 Å². The van der Waals surface area contributed by atoms with Gasteiger partial charge in [-0.1, -0.05) is 60.2 Å². The summed E-state index contributed by atoms with van der Waals surface area (Å²) in [5.74, 6) is 0.401. The van der Waals surface area contributed by atoms with E-state index in [2.05, 4.69) is 39.9 Å². The van der Waals surface area contributed by atoms with Gasteiger partial charge in [-0.3, -0.25) is 4.79 Å². The summed E-state index contributed by atoms with van der Waals surface area (Å²) in [6.45, 7) is 4.55. The van der Waals surface area contributed by atoms with Crippen LogP contribution >= 0.6 is 0 Å². The van der Waals surface area contributed by atoms with E-state index in [-0.39, 0.29) is 11.9 Å². The summed E-state index contributed by atoms with van der Waals surface area (Å²) in [4.78, 5) is 12.2. The van der Waals surface area contributed by atoms with Crippen molar-refractivity contribution in [1.29, 1.82) is 0 Å². The molecule has 1 heterocycles. The molecule has 0 aliphatic heterocycles. The van der Waals surface area contributed by atoms with Crippen LogP contribution in [0.5, 0.6) is 0 Å². The van der Waals surface area contributed by atoms with Gasteiger partial charge in [0.1, 0.15) is 5.82 Å². The van der Waals surface area contributed by atoms with Crippen LogP contribution in [-0.2, 0) is 6.54 Å². The Hall–Kier alpha value is -3.21. The van der Waals surface area contributed by atoms with Gasteiger partial charge in [0.25, 0.3) is 5.91 Å². The molecule has 5 heteroatoms. The van der Waals surface area contributed by atoms with Crippen molar-refractivity contribution in [2.45, 2.75) is 26.4 Å². The monoisotopic (exact) mass is 346 g/mol. The molecule has 0 radical (unpaired) electrons. The van der Waals surface area contributed by atoms with Crippen LogP contribution in [0.2, 0.25) is 0 Å². The first-order valence-corrected chi connectivity index (χ1v) is 8.61. The molecule has 0 aliphatic rings. The highest BCUT2D eigenvalue weighted by Gasteiger charge is 2.10. The summed E-state index contributed by atoms with van der Waals surface area (Å²) in [5.41, 5.74) is 3.69. The van der Waals surface area contributed by atoms with Gasteiger partial charge in [-0.2, -0.15) is 0 Å². The summed E-state index contributed by atoms with van der Waals surface area (Å²) < 4.78 is 0. The summed E-state index contributed by atoms with van der Waals surface area (Å²) in [6, 6.07) is 21.7. The minimum Gasteiger partial charge on any atom is -0.362 e. The zero-order valence-corrected chi connectivity index (χ0v) is 14.9. The molecule has 0 fully saturated rings. The molecule has 2 aromatic carbocycles. The Labute approximate surface area is 153 Å². The van der Waals surface area contributed by atoms with Gasteiger partial charge in [0.15, 0.2) is 5.69 Å². The summed E-state index contributed by atoms with van der Waals surface area (Å²) >= 11 is 0. The molecule has 3 rings (SSSR count). The Balaban J connectivity index is 1.57. The van der Waals surface area contributed by atoms with Gasteiger partial charge >= 0.3 is 0 Å². The highest BCUT2D eigenvalue weighted by Crippen LogP contribution is 2.16. The molecular weight excluding hydrogens is 324 g/mol. The number of hydrogen-bond donors (Lipinski definition) is 2. The molecule has 5 nitrogen and oxygen atoms in total. The van der Waals surface area contributed by atoms with Crippen molar-refractivity contribution in [1.82, 2.24) is 15.5 Å². The summed E-state index contributed by atoms with van der Waals surface area (Å²) in [5, 5.41) is 14.3. The molecule has 26 heavy (non-hydrogen) atoms. The molecule has 1 unspecified atom stereocenters. The van der Waals surface area contributed by atoms with Gasteiger partial charge in [0, 0.05) is 12.6 Å². The van der Waals surface area contributed by atoms with E-state index in [1.807, 2.05) is 49.4 Å². The van der Waals surface area contributed by atoms with E-state index in [1.165, 1.54) is 5.56 Å². The average Bonchev–Trinajstić information content (AvgIpc) is 2.67. The minimum atomic E-state index is -0.235. The van der Waals surface area contributed by atoms with E-state index in [4.69, 9.17) is 0 Å². The first-order chi connectivity index (χ1) is 12.6. The maximum atomic E-state index is 12.2. The summed E-state index contributed by atoms with van der Waals surface area (Å²) in [7, 11) is 0. The minimum absolute atomic E-state index is 0.103. The number of nitrogens with one attached hydrogen (secondary N) is 2. The van der Waals surface area contributed by atoms with E-state index in [0.29, 0.717) is 18.1 Å². The van der Waals surface area contributed by atoms with Gasteiger partial charge in [0.2, 0.25) is 0 Å². The normalized spacial score (nSPS) is 11.6. The van der Waals surface area contributed by atoms with Crippen molar-refractivity contribution >= 4 is 11.7 Å². The van der Waals surface area contributed by atoms with Crippen LogP contribution < -0.4 is 10.6 Å². The second-order valence-corrected chi connectivity index (χ2v) is 6.25. The molecule has 2 N–H and O–H groups in total. The van der Waals surface area contributed by atoms with Crippen LogP contribution in [-0.4, -0.2) is 16.1 Å². The number of aromatic nitrogens is 2. The van der Waals surface area contributed by atoms with E-state index in [1.54, 1.807) is 12.1 Å². The molecule has 3 aromatic rings. The molecule has 1 amide bonds. The second kappa shape index (κ2) is 8.25. The SMILES string of the molecule is Cc1cccc(CNC(=O)c2ccc(NC(C)c3ccccc3)nn2)c1. The Bertz CT molecular complexity index is 863. The number of hydrogen-bond acceptors (Lipinski definition) is 4. The number of rotatable bonds is 6. The Kier molecular flexibility index (Phi) is 5.59. The summed E-state index contributed by atoms with van der Waals surface area (Å²) in [6.07, 6.45) is 0. The molecule has 0 bridgehead atoms. The molecule has 0 saturated carbocycles. The predicted molar refractivity (Wildman–Crippen MR) is 103 cm³/mol. The van der Waals surface area contributed by atoms with Crippen LogP contribution in [0, 0.1) is 6.92 Å². The molecule has 0 spiro atoms. The van der Waals surface area contributed by atoms with Crippen LogP contribution in [0.1, 0.15) is 40.1 Å². The van der Waals surface area contributed by atoms with Crippen molar-refractivity contribution in [3.63, 3.8) is 0 Å². The molecule has 1 aromatic heterocycles. The van der Waals surface area contributed by atoms with Crippen LogP contribution in [0.15, 0.2) is 66.7 Å². The largest absolute Gasteiger partial charge is 0.362 e. The lowest BCUT2D eigenvalue weighted by atomic mass is 10.1. The van der Waals surface area contributed by atoms with Crippen LogP contribution in [0.25, 0.3) is 0 Å². The van der Waals surface area contributed by atoms with Crippen LogP contribution in [0.3, 0.4) is 0 Å². The lowest BCUT2D eigenvalue weighted by molar-refractivity contribution is 0.0945. The molecule has 1 atom stereocenters. The van der Waals surface area contributed by atoms with Gasteiger partial charge in [0.05, 0.1) is 0 Å². The number of amides is 1. The number of carbonyl (C=O) groups is 1.